The van der Waals surface area contributed by atoms with Gasteiger partial charge < -0.3 is 0 Å². The van der Waals surface area contributed by atoms with E-state index in [0.717, 1.165) is 6.16 Å². The Bertz CT molecular complexity index is 1320. The van der Waals surface area contributed by atoms with E-state index in [9.17, 15) is 4.79 Å². The summed E-state index contributed by atoms with van der Waals surface area (Å²) in [6, 6.07) is 49.9. The van der Waals surface area contributed by atoms with Crippen molar-refractivity contribution in [2.24, 2.45) is 0 Å². The van der Waals surface area contributed by atoms with Gasteiger partial charge in [-0.25, -0.2) is 0 Å². The van der Waals surface area contributed by atoms with E-state index in [1.807, 2.05) is 42.5 Å². The number of benzene rings is 5. The van der Waals surface area contributed by atoms with Crippen molar-refractivity contribution >= 4 is 42.5 Å². The summed E-state index contributed by atoms with van der Waals surface area (Å²) in [5.74, 6) is 0.0441. The summed E-state index contributed by atoms with van der Waals surface area (Å²) in [5.41, 5.74) is 2.59. The molecule has 0 bridgehead atoms. The molecule has 1 nitrogen and oxygen atoms in total. The van der Waals surface area contributed by atoms with Crippen LogP contribution in [0.25, 0.3) is 0 Å². The molecule has 35 heavy (non-hydrogen) atoms. The first kappa shape index (κ1) is 23.4. The Morgan fingerprint density at radius 3 is 1.23 bits per heavy atom. The molecule has 0 radical (unpaired) electrons. The molecule has 0 unspecified atom stereocenters. The molecule has 0 heterocycles. The molecule has 0 aliphatic rings. The van der Waals surface area contributed by atoms with E-state index in [1.54, 1.807) is 0 Å². The van der Waals surface area contributed by atoms with Gasteiger partial charge in [0.1, 0.15) is 0 Å². The molecule has 0 amide bonds. The fourth-order valence-electron chi connectivity index (χ4n) is 4.80. The molecule has 5 aromatic rings. The van der Waals surface area contributed by atoms with Crippen LogP contribution >= 0.6 is 20.8 Å². The van der Waals surface area contributed by atoms with Crippen molar-refractivity contribution in [1.29, 1.82) is 0 Å². The third-order valence-corrected chi connectivity index (χ3v) is 16.1. The minimum atomic E-state index is -3.06. The van der Waals surface area contributed by atoms with Crippen LogP contribution in [0.4, 0.5) is 0 Å². The van der Waals surface area contributed by atoms with Gasteiger partial charge in [-0.3, -0.25) is 0 Å². The molecule has 0 spiro atoms. The Labute approximate surface area is 215 Å². The quantitative estimate of drug-likeness (QED) is 0.158. The molecule has 5 rings (SSSR count). The van der Waals surface area contributed by atoms with E-state index in [2.05, 4.69) is 119 Å². The Morgan fingerprint density at radius 1 is 0.486 bits per heavy atom. The van der Waals surface area contributed by atoms with Crippen LogP contribution in [0.1, 0.15) is 21.5 Å². The molecule has 0 N–H and O–H groups in total. The third-order valence-electron chi connectivity index (χ3n) is 6.62. The fraction of sp³-hybridized carbons (Fsp3) is 0.0312. The first-order chi connectivity index (χ1) is 17.1. The van der Waals surface area contributed by atoms with E-state index in [0.29, 0.717) is 11.1 Å². The van der Waals surface area contributed by atoms with E-state index in [4.69, 9.17) is 0 Å². The van der Waals surface area contributed by atoms with Crippen LogP contribution in [-0.4, -0.2) is 5.78 Å². The van der Waals surface area contributed by atoms with Crippen LogP contribution in [0.5, 0.6) is 0 Å². The first-order valence-corrected chi connectivity index (χ1v) is 16.1. The van der Waals surface area contributed by atoms with Gasteiger partial charge in [-0.2, -0.15) is 0 Å². The number of carbonyl (C=O) groups is 1. The van der Waals surface area contributed by atoms with E-state index >= 15 is 0 Å². The van der Waals surface area contributed by atoms with Crippen molar-refractivity contribution in [2.45, 2.75) is 6.16 Å². The molecule has 0 fully saturated rings. The Hall–Kier alpha value is -3.32. The van der Waals surface area contributed by atoms with Crippen molar-refractivity contribution in [3.05, 3.63) is 162 Å². The van der Waals surface area contributed by atoms with E-state index < -0.39 is 5.31 Å². The normalized spacial score (nSPS) is 12.4. The first-order valence-electron chi connectivity index (χ1n) is 11.7. The van der Waals surface area contributed by atoms with Crippen molar-refractivity contribution in [1.82, 2.24) is 0 Å². The van der Waals surface area contributed by atoms with Crippen LogP contribution in [0.2, 0.25) is 0 Å². The standard InChI is InChI=1S/C32H26BrOP/c33-35(29-15-7-2-8-16-29,30-17-9-3-10-18-30,31-19-11-4-12-20-31)25-26-21-23-28(24-22-26)32(34)27-13-5-1-6-14-27/h1-24H,25H2. The van der Waals surface area contributed by atoms with Gasteiger partial charge in [0, 0.05) is 0 Å². The fourth-order valence-corrected chi connectivity index (χ4v) is 12.5. The molecule has 0 saturated carbocycles. The third kappa shape index (κ3) is 4.29. The van der Waals surface area contributed by atoms with Crippen LogP contribution < -0.4 is 15.9 Å². The molecule has 3 heteroatoms. The van der Waals surface area contributed by atoms with Gasteiger partial charge in [0.25, 0.3) is 0 Å². The zero-order valence-electron chi connectivity index (χ0n) is 19.3. The average molecular weight is 537 g/mol. The number of hydrogen-bond donors (Lipinski definition) is 0. The maximum absolute atomic E-state index is 13.0. The molecule has 0 saturated heterocycles. The Morgan fingerprint density at radius 2 is 0.829 bits per heavy atom. The van der Waals surface area contributed by atoms with Crippen LogP contribution in [0, 0.1) is 0 Å². The van der Waals surface area contributed by atoms with Crippen molar-refractivity contribution in [3.8, 4) is 0 Å². The topological polar surface area (TPSA) is 17.1 Å². The van der Waals surface area contributed by atoms with Crippen molar-refractivity contribution in [3.63, 3.8) is 0 Å². The van der Waals surface area contributed by atoms with Gasteiger partial charge in [0.15, 0.2) is 0 Å². The molecule has 172 valence electrons. The second kappa shape index (κ2) is 9.74. The van der Waals surface area contributed by atoms with Gasteiger partial charge in [-0.15, -0.1) is 0 Å². The predicted molar refractivity (Wildman–Crippen MR) is 154 cm³/mol. The summed E-state index contributed by atoms with van der Waals surface area (Å²) in [6.45, 7) is 0. The molecule has 5 aromatic carbocycles. The van der Waals surface area contributed by atoms with Gasteiger partial charge >= 0.3 is 216 Å². The Balaban J connectivity index is 1.66. The second-order valence-electron chi connectivity index (χ2n) is 8.74. The van der Waals surface area contributed by atoms with Crippen LogP contribution in [0.15, 0.2) is 146 Å². The monoisotopic (exact) mass is 536 g/mol. The zero-order chi connectivity index (χ0) is 24.2. The summed E-state index contributed by atoms with van der Waals surface area (Å²) < 4.78 is 0. The van der Waals surface area contributed by atoms with Gasteiger partial charge in [-0.1, -0.05) is 0 Å². The van der Waals surface area contributed by atoms with Gasteiger partial charge in [0.05, 0.1) is 0 Å². The summed E-state index contributed by atoms with van der Waals surface area (Å²) in [7, 11) is 0. The van der Waals surface area contributed by atoms with Crippen molar-refractivity contribution in [2.75, 3.05) is 0 Å². The van der Waals surface area contributed by atoms with Gasteiger partial charge in [0.2, 0.25) is 0 Å². The summed E-state index contributed by atoms with van der Waals surface area (Å²) in [5, 5.41) is 0.769. The number of hydrogen-bond acceptors (Lipinski definition) is 1. The molecule has 0 atom stereocenters. The predicted octanol–water partition coefficient (Wildman–Crippen LogP) is 7.26. The summed E-state index contributed by atoms with van der Waals surface area (Å²) in [4.78, 5) is 13.0. The number of rotatable bonds is 7. The van der Waals surface area contributed by atoms with Gasteiger partial charge in [-0.05, 0) is 0 Å². The molecule has 0 aliphatic carbocycles. The zero-order valence-corrected chi connectivity index (χ0v) is 21.8. The Kier molecular flexibility index (Phi) is 6.52. The molecule has 0 aliphatic heterocycles. The number of carbonyl (C=O) groups excluding carboxylic acids is 1. The van der Waals surface area contributed by atoms with Crippen LogP contribution in [0.3, 0.4) is 0 Å². The number of ketones is 1. The van der Waals surface area contributed by atoms with Crippen molar-refractivity contribution < 1.29 is 4.79 Å². The average Bonchev–Trinajstić information content (AvgIpc) is 2.95. The molecule has 0 aromatic heterocycles. The van der Waals surface area contributed by atoms with E-state index in [-0.39, 0.29) is 5.78 Å². The SMILES string of the molecule is O=C(c1ccccc1)c1ccc(CP(Br)(c2ccccc2)(c2ccccc2)c2ccccc2)cc1. The van der Waals surface area contributed by atoms with E-state index in [1.165, 1.54) is 21.5 Å². The molecular formula is C32H26BrOP. The minimum absolute atomic E-state index is 0.0441. The van der Waals surface area contributed by atoms with Crippen LogP contribution in [-0.2, 0) is 6.16 Å². The molecular weight excluding hydrogens is 511 g/mol. The second-order valence-corrected chi connectivity index (χ2v) is 17.7. The maximum atomic E-state index is 13.0. The summed E-state index contributed by atoms with van der Waals surface area (Å²) >= 11 is 4.50. The summed E-state index contributed by atoms with van der Waals surface area (Å²) in [6.07, 6.45) is 0.795. The number of halogens is 1.